The van der Waals surface area contributed by atoms with Gasteiger partial charge in [0.15, 0.2) is 5.57 Å². The molecule has 1 aliphatic heterocycles. The topological polar surface area (TPSA) is 83.4 Å². The Morgan fingerprint density at radius 2 is 2.00 bits per heavy atom. The molecule has 0 saturated heterocycles. The van der Waals surface area contributed by atoms with Gasteiger partial charge in [-0.25, -0.2) is 0 Å². The van der Waals surface area contributed by atoms with E-state index in [1.54, 1.807) is 24.4 Å². The van der Waals surface area contributed by atoms with E-state index >= 15 is 0 Å². The Kier molecular flexibility index (Phi) is 2.12. The summed E-state index contributed by atoms with van der Waals surface area (Å²) in [6, 6.07) is 5.40. The number of nitrogens with zero attached hydrogens (tertiary/aromatic N) is 3. The molecular weight excluding hydrogens is 152 g/mol. The van der Waals surface area contributed by atoms with E-state index in [2.05, 4.69) is 5.32 Å². The molecular formula is C8H4N4. The quantitative estimate of drug-likeness (QED) is 0.519. The Balaban J connectivity index is 3.09. The van der Waals surface area contributed by atoms with Crippen LogP contribution in [0.15, 0.2) is 23.5 Å². The van der Waals surface area contributed by atoms with Crippen molar-refractivity contribution in [2.75, 3.05) is 0 Å². The summed E-state index contributed by atoms with van der Waals surface area (Å²) in [4.78, 5) is 0. The largest absolute Gasteiger partial charge is 0.362 e. The molecule has 0 aromatic rings. The van der Waals surface area contributed by atoms with Crippen molar-refractivity contribution in [3.63, 3.8) is 0 Å². The maximum atomic E-state index is 8.58. The van der Waals surface area contributed by atoms with Gasteiger partial charge in [0, 0.05) is 0 Å². The zero-order valence-corrected chi connectivity index (χ0v) is 6.07. The molecule has 0 aromatic carbocycles. The van der Waals surface area contributed by atoms with Crippen molar-refractivity contribution in [2.45, 2.75) is 0 Å². The van der Waals surface area contributed by atoms with Crippen LogP contribution in [0.1, 0.15) is 0 Å². The van der Waals surface area contributed by atoms with Crippen LogP contribution in [0.25, 0.3) is 0 Å². The van der Waals surface area contributed by atoms with Crippen LogP contribution >= 0.6 is 0 Å². The molecule has 4 nitrogen and oxygen atoms in total. The third kappa shape index (κ3) is 1.12. The summed E-state index contributed by atoms with van der Waals surface area (Å²) in [6.07, 6.45) is 3.15. The second kappa shape index (κ2) is 3.23. The molecule has 0 aliphatic carbocycles. The lowest BCUT2D eigenvalue weighted by molar-refractivity contribution is 0.929. The summed E-state index contributed by atoms with van der Waals surface area (Å²) in [7, 11) is 0. The molecule has 56 valence electrons. The molecule has 4 heteroatoms. The van der Waals surface area contributed by atoms with Gasteiger partial charge >= 0.3 is 0 Å². The lowest BCUT2D eigenvalue weighted by Gasteiger charge is -2.00. The molecule has 1 atom stereocenters. The van der Waals surface area contributed by atoms with Gasteiger partial charge in [-0.2, -0.15) is 15.8 Å². The van der Waals surface area contributed by atoms with E-state index in [4.69, 9.17) is 15.8 Å². The fourth-order valence-electron chi connectivity index (χ4n) is 0.901. The summed E-state index contributed by atoms with van der Waals surface area (Å²) >= 11 is 0. The molecule has 0 amide bonds. The van der Waals surface area contributed by atoms with Crippen LogP contribution in [-0.4, -0.2) is 0 Å². The van der Waals surface area contributed by atoms with E-state index < -0.39 is 5.92 Å². The van der Waals surface area contributed by atoms with Gasteiger partial charge in [0.2, 0.25) is 0 Å². The first kappa shape index (κ1) is 7.85. The zero-order valence-electron chi connectivity index (χ0n) is 6.07. The molecule has 1 N–H and O–H groups in total. The van der Waals surface area contributed by atoms with E-state index in [1.165, 1.54) is 0 Å². The minimum Gasteiger partial charge on any atom is -0.362 e. The molecule has 0 bridgehead atoms. The zero-order chi connectivity index (χ0) is 8.97. The Hall–Kier alpha value is -2.25. The van der Waals surface area contributed by atoms with Gasteiger partial charge in [-0.05, 0) is 12.3 Å². The van der Waals surface area contributed by atoms with Crippen LogP contribution in [0.3, 0.4) is 0 Å². The first-order valence-corrected chi connectivity index (χ1v) is 3.20. The number of hydrogen-bond acceptors (Lipinski definition) is 4. The second-order valence-corrected chi connectivity index (χ2v) is 2.12. The second-order valence-electron chi connectivity index (χ2n) is 2.12. The summed E-state index contributed by atoms with van der Waals surface area (Å²) in [5.41, 5.74) is 0.342. The van der Waals surface area contributed by atoms with E-state index in [0.29, 0.717) is 5.70 Å². The fourth-order valence-corrected chi connectivity index (χ4v) is 0.901. The maximum Gasteiger partial charge on any atom is 0.150 e. The van der Waals surface area contributed by atoms with Crippen molar-refractivity contribution in [2.24, 2.45) is 5.92 Å². The van der Waals surface area contributed by atoms with Crippen molar-refractivity contribution >= 4 is 0 Å². The molecule has 1 unspecified atom stereocenters. The van der Waals surface area contributed by atoms with Crippen LogP contribution in [0.2, 0.25) is 0 Å². The van der Waals surface area contributed by atoms with Gasteiger partial charge in [0.25, 0.3) is 0 Å². The van der Waals surface area contributed by atoms with Gasteiger partial charge < -0.3 is 5.32 Å². The summed E-state index contributed by atoms with van der Waals surface area (Å²) in [5.74, 6) is -0.487. The van der Waals surface area contributed by atoms with E-state index in [9.17, 15) is 0 Å². The smallest absolute Gasteiger partial charge is 0.150 e. The van der Waals surface area contributed by atoms with Gasteiger partial charge in [0.05, 0.1) is 11.8 Å². The SMILES string of the molecule is N#CC(C#N)=C1NC=CC1C#N. The Morgan fingerprint density at radius 3 is 2.50 bits per heavy atom. The lowest BCUT2D eigenvalue weighted by Crippen LogP contribution is -2.07. The summed E-state index contributed by atoms with van der Waals surface area (Å²) in [5, 5.41) is 28.3. The standard InChI is InChI=1S/C8H4N4/c9-3-6-1-2-12-8(6)7(4-10)5-11/h1-2,6,12H. The predicted octanol–water partition coefficient (Wildman–Crippen LogP) is 0.544. The molecule has 0 fully saturated rings. The number of nitriles is 3. The highest BCUT2D eigenvalue weighted by atomic mass is 14.9. The first-order chi connectivity index (χ1) is 5.83. The third-order valence-corrected chi connectivity index (χ3v) is 1.47. The number of hydrogen-bond donors (Lipinski definition) is 1. The Labute approximate surface area is 69.6 Å². The highest BCUT2D eigenvalue weighted by molar-refractivity contribution is 5.45. The van der Waals surface area contributed by atoms with Gasteiger partial charge in [-0.3, -0.25) is 0 Å². The van der Waals surface area contributed by atoms with E-state index in [1.807, 2.05) is 6.07 Å². The predicted molar refractivity (Wildman–Crippen MR) is 39.6 cm³/mol. The number of rotatable bonds is 0. The Morgan fingerprint density at radius 1 is 1.33 bits per heavy atom. The van der Waals surface area contributed by atoms with E-state index in [-0.39, 0.29) is 5.57 Å². The van der Waals surface area contributed by atoms with Crippen LogP contribution in [0, 0.1) is 39.9 Å². The van der Waals surface area contributed by atoms with E-state index in [0.717, 1.165) is 0 Å². The van der Waals surface area contributed by atoms with Gasteiger partial charge in [-0.1, -0.05) is 0 Å². The molecule has 0 aromatic heterocycles. The highest BCUT2D eigenvalue weighted by Crippen LogP contribution is 2.17. The number of nitrogens with one attached hydrogen (secondary N) is 1. The highest BCUT2D eigenvalue weighted by Gasteiger charge is 2.18. The van der Waals surface area contributed by atoms with Crippen LogP contribution in [-0.2, 0) is 0 Å². The van der Waals surface area contributed by atoms with Crippen molar-refractivity contribution in [3.05, 3.63) is 23.5 Å². The number of allylic oxidation sites excluding steroid dienone is 2. The van der Waals surface area contributed by atoms with Gasteiger partial charge in [0.1, 0.15) is 18.1 Å². The van der Waals surface area contributed by atoms with Crippen molar-refractivity contribution in [1.82, 2.24) is 5.32 Å². The molecule has 0 saturated carbocycles. The monoisotopic (exact) mass is 156 g/mol. The molecule has 12 heavy (non-hydrogen) atoms. The van der Waals surface area contributed by atoms with Crippen molar-refractivity contribution in [1.29, 1.82) is 15.8 Å². The van der Waals surface area contributed by atoms with Crippen LogP contribution in [0.5, 0.6) is 0 Å². The normalized spacial score (nSPS) is 18.8. The minimum absolute atomic E-state index is 0.0356. The molecule has 1 rings (SSSR count). The molecule has 1 aliphatic rings. The first-order valence-electron chi connectivity index (χ1n) is 3.20. The summed E-state index contributed by atoms with van der Waals surface area (Å²) in [6.45, 7) is 0. The maximum absolute atomic E-state index is 8.58. The average Bonchev–Trinajstić information content (AvgIpc) is 2.55. The average molecular weight is 156 g/mol. The Bertz CT molecular complexity index is 353. The molecule has 1 heterocycles. The van der Waals surface area contributed by atoms with Crippen LogP contribution < -0.4 is 5.32 Å². The summed E-state index contributed by atoms with van der Waals surface area (Å²) < 4.78 is 0. The van der Waals surface area contributed by atoms with Crippen molar-refractivity contribution < 1.29 is 0 Å². The minimum atomic E-state index is -0.487. The van der Waals surface area contributed by atoms with Gasteiger partial charge in [-0.15, -0.1) is 0 Å². The molecule has 0 spiro atoms. The molecule has 0 radical (unpaired) electrons. The van der Waals surface area contributed by atoms with Crippen LogP contribution in [0.4, 0.5) is 0 Å². The third-order valence-electron chi connectivity index (χ3n) is 1.47. The lowest BCUT2D eigenvalue weighted by atomic mass is 10.1. The fraction of sp³-hybridized carbons (Fsp3) is 0.125. The van der Waals surface area contributed by atoms with Crippen molar-refractivity contribution in [3.8, 4) is 18.2 Å².